The van der Waals surface area contributed by atoms with Crippen molar-refractivity contribution in [2.45, 2.75) is 0 Å². The normalized spacial score (nSPS) is 17.4. The number of benzene rings is 2. The lowest BCUT2D eigenvalue weighted by Crippen LogP contribution is -2.19. The second kappa shape index (κ2) is 2.98. The van der Waals surface area contributed by atoms with E-state index in [9.17, 15) is 0 Å². The van der Waals surface area contributed by atoms with Crippen molar-refractivity contribution in [3.05, 3.63) is 69.4 Å². The Morgan fingerprint density at radius 1 is 0.471 bits per heavy atom. The fourth-order valence-corrected chi connectivity index (χ4v) is 2.87. The Morgan fingerprint density at radius 3 is 1.06 bits per heavy atom. The van der Waals surface area contributed by atoms with Gasteiger partial charge >= 0.3 is 0 Å². The highest BCUT2D eigenvalue weighted by molar-refractivity contribution is 5.82. The van der Waals surface area contributed by atoms with Gasteiger partial charge in [-0.25, -0.2) is 0 Å². The van der Waals surface area contributed by atoms with E-state index in [4.69, 9.17) is 0 Å². The molecule has 0 atom stereocenters. The summed E-state index contributed by atoms with van der Waals surface area (Å²) in [5, 5.41) is 5.36. The molecule has 4 rings (SSSR count). The van der Waals surface area contributed by atoms with Gasteiger partial charge in [-0.15, -0.1) is 0 Å². The van der Waals surface area contributed by atoms with Gasteiger partial charge in [0, 0.05) is 5.41 Å². The summed E-state index contributed by atoms with van der Waals surface area (Å²) in [6, 6.07) is 17.1. The van der Waals surface area contributed by atoms with Crippen molar-refractivity contribution in [1.29, 1.82) is 0 Å². The van der Waals surface area contributed by atoms with E-state index >= 15 is 0 Å². The summed E-state index contributed by atoms with van der Waals surface area (Å²) in [5.74, 6) is 0. The molecule has 0 aromatic heterocycles. The van der Waals surface area contributed by atoms with E-state index in [1.165, 1.54) is 20.9 Å². The van der Waals surface area contributed by atoms with Crippen LogP contribution in [0.1, 0.15) is 0 Å². The highest BCUT2D eigenvalue weighted by Gasteiger charge is 2.24. The van der Waals surface area contributed by atoms with Gasteiger partial charge in [0.25, 0.3) is 0 Å². The summed E-state index contributed by atoms with van der Waals surface area (Å²) >= 11 is 0. The highest BCUT2D eigenvalue weighted by atomic mass is 14.3. The van der Waals surface area contributed by atoms with Crippen LogP contribution in [0.5, 0.6) is 0 Å². The molecule has 2 aliphatic carbocycles. The lowest BCUT2D eigenvalue weighted by atomic mass is 9.91. The average Bonchev–Trinajstić information content (AvgIpc) is 2.87. The van der Waals surface area contributed by atoms with E-state index in [1.54, 1.807) is 0 Å². The smallest absolute Gasteiger partial charge is 0.0459 e. The summed E-state index contributed by atoms with van der Waals surface area (Å²) in [4.78, 5) is 0. The van der Waals surface area contributed by atoms with Crippen LogP contribution < -0.4 is 20.9 Å². The molecule has 0 aliphatic heterocycles. The molecule has 17 heavy (non-hydrogen) atoms. The second-order valence-corrected chi connectivity index (χ2v) is 4.84. The fraction of sp³-hybridized carbons (Fsp3) is 0.0588. The maximum atomic E-state index is 2.35. The molecule has 80 valence electrons. The van der Waals surface area contributed by atoms with Crippen molar-refractivity contribution in [2.75, 3.05) is 0 Å². The predicted octanol–water partition coefficient (Wildman–Crippen LogP) is 0.522. The van der Waals surface area contributed by atoms with E-state index in [0.29, 0.717) is 0 Å². The number of hydrogen-bond donors (Lipinski definition) is 0. The van der Waals surface area contributed by atoms with Crippen LogP contribution >= 0.6 is 0 Å². The molecule has 0 fully saturated rings. The van der Waals surface area contributed by atoms with Crippen LogP contribution in [-0.2, 0) is 0 Å². The third-order valence-corrected chi connectivity index (χ3v) is 3.61. The minimum absolute atomic E-state index is 0.00731. The molecule has 0 saturated heterocycles. The van der Waals surface area contributed by atoms with E-state index in [-0.39, 0.29) is 5.41 Å². The fourth-order valence-electron chi connectivity index (χ4n) is 2.87. The van der Waals surface area contributed by atoms with Crippen molar-refractivity contribution in [2.24, 2.45) is 5.41 Å². The lowest BCUT2D eigenvalue weighted by molar-refractivity contribution is 1.10. The predicted molar refractivity (Wildman–Crippen MR) is 71.7 cm³/mol. The molecule has 0 heterocycles. The molecule has 0 unspecified atom stereocenters. The van der Waals surface area contributed by atoms with Gasteiger partial charge in [0.1, 0.15) is 0 Å². The van der Waals surface area contributed by atoms with Gasteiger partial charge in [-0.05, 0) is 20.9 Å². The van der Waals surface area contributed by atoms with Crippen molar-refractivity contribution in [3.8, 4) is 0 Å². The first-order valence-electron chi connectivity index (χ1n) is 5.96. The maximum absolute atomic E-state index is 2.35. The van der Waals surface area contributed by atoms with Gasteiger partial charge in [-0.3, -0.25) is 0 Å². The van der Waals surface area contributed by atoms with Crippen LogP contribution in [0.4, 0.5) is 0 Å². The topological polar surface area (TPSA) is 0 Å². The van der Waals surface area contributed by atoms with Crippen LogP contribution in [0.3, 0.4) is 0 Å². The van der Waals surface area contributed by atoms with Crippen molar-refractivity contribution >= 4 is 24.3 Å². The van der Waals surface area contributed by atoms with Crippen LogP contribution in [0.15, 0.2) is 48.5 Å². The molecule has 0 saturated carbocycles. The zero-order valence-electron chi connectivity index (χ0n) is 9.43. The third-order valence-electron chi connectivity index (χ3n) is 3.61. The molecule has 0 heteroatoms. The Kier molecular flexibility index (Phi) is 1.58. The number of rotatable bonds is 0. The molecule has 2 aliphatic rings. The molecule has 0 radical (unpaired) electrons. The standard InChI is InChI=1S/C17H12/c1-2-6-14-10-17(9-13(14)5-1)11-15-7-3-4-8-16(15)12-17/h1-12H. The largest absolute Gasteiger partial charge is 0.0616 e. The molecule has 1 spiro atoms. The number of fused-ring (bicyclic) bond motifs is 2. The average molecular weight is 216 g/mol. The molecule has 2 aromatic rings. The van der Waals surface area contributed by atoms with Gasteiger partial charge in [0.05, 0.1) is 0 Å². The quantitative estimate of drug-likeness (QED) is 0.602. The molecule has 0 nitrogen and oxygen atoms in total. The zero-order chi connectivity index (χ0) is 11.3. The summed E-state index contributed by atoms with van der Waals surface area (Å²) in [5.41, 5.74) is 0.00731. The lowest BCUT2D eigenvalue weighted by Gasteiger charge is -2.11. The van der Waals surface area contributed by atoms with Gasteiger partial charge < -0.3 is 0 Å². The monoisotopic (exact) mass is 216 g/mol. The van der Waals surface area contributed by atoms with E-state index in [0.717, 1.165) is 0 Å². The first kappa shape index (κ1) is 9.00. The van der Waals surface area contributed by atoms with Crippen molar-refractivity contribution < 1.29 is 0 Å². The van der Waals surface area contributed by atoms with Crippen LogP contribution in [0, 0.1) is 5.41 Å². The molecular formula is C17H12. The Labute approximate surface area is 99.5 Å². The van der Waals surface area contributed by atoms with Crippen molar-refractivity contribution in [3.63, 3.8) is 0 Å². The van der Waals surface area contributed by atoms with Gasteiger partial charge in [0.2, 0.25) is 0 Å². The van der Waals surface area contributed by atoms with Crippen molar-refractivity contribution in [1.82, 2.24) is 0 Å². The summed E-state index contributed by atoms with van der Waals surface area (Å²) in [6.07, 6.45) is 9.40. The first-order chi connectivity index (χ1) is 8.35. The molecule has 0 bridgehead atoms. The highest BCUT2D eigenvalue weighted by Crippen LogP contribution is 2.29. The molecular weight excluding hydrogens is 204 g/mol. The SMILES string of the molecule is C1=c2ccccc2=CC12C=c1ccccc1=C2. The summed E-state index contributed by atoms with van der Waals surface area (Å²) in [6.45, 7) is 0. The van der Waals surface area contributed by atoms with Crippen LogP contribution in [0.25, 0.3) is 24.3 Å². The number of hydrogen-bond acceptors (Lipinski definition) is 0. The minimum Gasteiger partial charge on any atom is -0.0616 e. The first-order valence-corrected chi connectivity index (χ1v) is 5.96. The van der Waals surface area contributed by atoms with Crippen LogP contribution in [0.2, 0.25) is 0 Å². The van der Waals surface area contributed by atoms with Crippen LogP contribution in [-0.4, -0.2) is 0 Å². The third kappa shape index (κ3) is 1.24. The van der Waals surface area contributed by atoms with E-state index in [2.05, 4.69) is 72.8 Å². The Hall–Kier alpha value is -2.08. The molecule has 0 N–H and O–H groups in total. The minimum atomic E-state index is 0.00731. The zero-order valence-corrected chi connectivity index (χ0v) is 9.43. The molecule has 0 amide bonds. The van der Waals surface area contributed by atoms with E-state index < -0.39 is 0 Å². The maximum Gasteiger partial charge on any atom is 0.0459 e. The Morgan fingerprint density at radius 2 is 0.765 bits per heavy atom. The Bertz CT molecular complexity index is 691. The van der Waals surface area contributed by atoms with E-state index in [1.807, 2.05) is 0 Å². The summed E-state index contributed by atoms with van der Waals surface area (Å²) in [7, 11) is 0. The summed E-state index contributed by atoms with van der Waals surface area (Å²) < 4.78 is 0. The second-order valence-electron chi connectivity index (χ2n) is 4.84. The molecule has 2 aromatic carbocycles. The van der Waals surface area contributed by atoms with Gasteiger partial charge in [-0.1, -0.05) is 72.8 Å². The van der Waals surface area contributed by atoms with Gasteiger partial charge in [0.15, 0.2) is 0 Å². The Balaban J connectivity index is 2.07. The van der Waals surface area contributed by atoms with Gasteiger partial charge in [-0.2, -0.15) is 0 Å².